The first-order valence-corrected chi connectivity index (χ1v) is 8.03. The van der Waals surface area contributed by atoms with Gasteiger partial charge in [0.15, 0.2) is 0 Å². The maximum Gasteiger partial charge on any atom is 0.117 e. The fourth-order valence-corrected chi connectivity index (χ4v) is 3.44. The molecule has 21 heavy (non-hydrogen) atoms. The molecule has 2 aromatic heterocycles. The van der Waals surface area contributed by atoms with Gasteiger partial charge in [0, 0.05) is 23.3 Å². The Bertz CT molecular complexity index is 798. The number of nitrogens with zero attached hydrogens (tertiary/aromatic N) is 2. The van der Waals surface area contributed by atoms with Crippen molar-refractivity contribution in [3.05, 3.63) is 39.7 Å². The second-order valence-electron chi connectivity index (χ2n) is 5.42. The molecule has 3 rings (SSSR count). The van der Waals surface area contributed by atoms with Crippen molar-refractivity contribution in [2.75, 3.05) is 0 Å². The number of phenols is 1. The topological polar surface area (TPSA) is 46.0 Å². The van der Waals surface area contributed by atoms with E-state index >= 15 is 0 Å². The molecule has 0 bridgehead atoms. The van der Waals surface area contributed by atoms with E-state index in [0.717, 1.165) is 28.2 Å². The van der Waals surface area contributed by atoms with Gasteiger partial charge in [-0.3, -0.25) is 0 Å². The van der Waals surface area contributed by atoms with Gasteiger partial charge >= 0.3 is 0 Å². The van der Waals surface area contributed by atoms with Gasteiger partial charge in [-0.05, 0) is 24.1 Å². The van der Waals surface area contributed by atoms with Gasteiger partial charge in [0.2, 0.25) is 0 Å². The Morgan fingerprint density at radius 2 is 2.00 bits per heavy atom. The highest BCUT2D eigenvalue weighted by molar-refractivity contribution is 7.09. The van der Waals surface area contributed by atoms with Crippen LogP contribution in [0.3, 0.4) is 0 Å². The van der Waals surface area contributed by atoms with E-state index in [2.05, 4.69) is 23.8 Å². The van der Waals surface area contributed by atoms with Crippen molar-refractivity contribution < 1.29 is 5.11 Å². The molecule has 0 spiro atoms. The number of hydrogen-bond donors (Lipinski definition) is 1. The van der Waals surface area contributed by atoms with Crippen molar-refractivity contribution in [1.82, 2.24) is 9.97 Å². The number of halogens is 1. The van der Waals surface area contributed by atoms with Crippen molar-refractivity contribution in [2.24, 2.45) is 5.92 Å². The second-order valence-corrected chi connectivity index (χ2v) is 6.77. The molecule has 0 saturated heterocycles. The second kappa shape index (κ2) is 5.62. The molecule has 1 aromatic carbocycles. The van der Waals surface area contributed by atoms with Gasteiger partial charge in [0.05, 0.1) is 26.9 Å². The Kier molecular flexibility index (Phi) is 3.83. The first kappa shape index (κ1) is 14.3. The number of pyridine rings is 1. The van der Waals surface area contributed by atoms with Gasteiger partial charge in [-0.2, -0.15) is 0 Å². The number of hydrogen-bond acceptors (Lipinski definition) is 4. The third-order valence-electron chi connectivity index (χ3n) is 3.14. The molecule has 0 unspecified atom stereocenters. The molecule has 3 aromatic rings. The normalized spacial score (nSPS) is 11.4. The van der Waals surface area contributed by atoms with Gasteiger partial charge in [-0.25, -0.2) is 9.97 Å². The molecule has 0 radical (unpaired) electrons. The lowest BCUT2D eigenvalue weighted by atomic mass is 10.1. The van der Waals surface area contributed by atoms with Crippen LogP contribution < -0.4 is 0 Å². The van der Waals surface area contributed by atoms with Crippen LogP contribution in [-0.4, -0.2) is 15.1 Å². The van der Waals surface area contributed by atoms with E-state index in [1.165, 1.54) is 0 Å². The Hall–Kier alpha value is -1.65. The predicted octanol–water partition coefficient (Wildman–Crippen LogP) is 4.92. The van der Waals surface area contributed by atoms with E-state index < -0.39 is 0 Å². The van der Waals surface area contributed by atoms with Crippen LogP contribution in [0.5, 0.6) is 5.75 Å². The number of benzene rings is 1. The molecule has 2 heterocycles. The van der Waals surface area contributed by atoms with Crippen LogP contribution in [-0.2, 0) is 6.42 Å². The molecule has 0 aliphatic heterocycles. The van der Waals surface area contributed by atoms with Crippen molar-refractivity contribution in [3.8, 4) is 17.1 Å². The van der Waals surface area contributed by atoms with Crippen LogP contribution in [0.1, 0.15) is 18.9 Å². The van der Waals surface area contributed by atoms with Crippen molar-refractivity contribution in [2.45, 2.75) is 20.3 Å². The molecular formula is C16H15ClN2OS. The minimum absolute atomic E-state index is 0.182. The molecule has 0 fully saturated rings. The molecule has 5 heteroatoms. The fraction of sp³-hybridized carbons (Fsp3) is 0.250. The van der Waals surface area contributed by atoms with E-state index in [-0.39, 0.29) is 5.75 Å². The SMILES string of the molecule is CC(C)Cc1nc(-c2cc(Cl)c3ccc(O)cc3n2)cs1. The average Bonchev–Trinajstić information content (AvgIpc) is 2.85. The summed E-state index contributed by atoms with van der Waals surface area (Å²) in [6.07, 6.45) is 0.965. The van der Waals surface area contributed by atoms with Crippen LogP contribution in [0, 0.1) is 5.92 Å². The molecule has 1 N–H and O–H groups in total. The average molecular weight is 319 g/mol. The Balaban J connectivity index is 2.06. The maximum atomic E-state index is 9.59. The Morgan fingerprint density at radius 1 is 1.19 bits per heavy atom. The van der Waals surface area contributed by atoms with Gasteiger partial charge in [0.1, 0.15) is 5.75 Å². The van der Waals surface area contributed by atoms with E-state index in [1.54, 1.807) is 29.5 Å². The lowest BCUT2D eigenvalue weighted by molar-refractivity contribution is 0.476. The number of phenolic OH excluding ortho intramolecular Hbond substituents is 1. The van der Waals surface area contributed by atoms with Crippen LogP contribution in [0.25, 0.3) is 22.3 Å². The summed E-state index contributed by atoms with van der Waals surface area (Å²) >= 11 is 7.95. The zero-order valence-electron chi connectivity index (χ0n) is 11.8. The first-order chi connectivity index (χ1) is 10.0. The zero-order valence-corrected chi connectivity index (χ0v) is 13.4. The summed E-state index contributed by atoms with van der Waals surface area (Å²) in [6.45, 7) is 4.35. The third-order valence-corrected chi connectivity index (χ3v) is 4.32. The summed E-state index contributed by atoms with van der Waals surface area (Å²) in [5.41, 5.74) is 2.25. The Morgan fingerprint density at radius 3 is 2.76 bits per heavy atom. The highest BCUT2D eigenvalue weighted by atomic mass is 35.5. The summed E-state index contributed by atoms with van der Waals surface area (Å²) in [7, 11) is 0. The van der Waals surface area contributed by atoms with Crippen molar-refractivity contribution in [1.29, 1.82) is 0 Å². The monoisotopic (exact) mass is 318 g/mol. The number of rotatable bonds is 3. The highest BCUT2D eigenvalue weighted by Crippen LogP contribution is 2.30. The lowest BCUT2D eigenvalue weighted by Gasteiger charge is -2.04. The molecule has 0 atom stereocenters. The zero-order chi connectivity index (χ0) is 15.0. The van der Waals surface area contributed by atoms with Gasteiger partial charge in [-0.1, -0.05) is 25.4 Å². The molecular weight excluding hydrogens is 304 g/mol. The third kappa shape index (κ3) is 3.01. The minimum Gasteiger partial charge on any atom is -0.508 e. The lowest BCUT2D eigenvalue weighted by Crippen LogP contribution is -1.93. The van der Waals surface area contributed by atoms with Crippen molar-refractivity contribution in [3.63, 3.8) is 0 Å². The fourth-order valence-electron chi connectivity index (χ4n) is 2.18. The molecule has 0 amide bonds. The van der Waals surface area contributed by atoms with E-state index in [4.69, 9.17) is 11.6 Å². The predicted molar refractivity (Wildman–Crippen MR) is 88.1 cm³/mol. The number of fused-ring (bicyclic) bond motifs is 1. The number of aromatic hydroxyl groups is 1. The highest BCUT2D eigenvalue weighted by Gasteiger charge is 2.11. The maximum absolute atomic E-state index is 9.59. The summed E-state index contributed by atoms with van der Waals surface area (Å²) in [5, 5.41) is 14.1. The van der Waals surface area contributed by atoms with E-state index in [0.29, 0.717) is 16.5 Å². The molecule has 0 aliphatic carbocycles. The van der Waals surface area contributed by atoms with Gasteiger partial charge < -0.3 is 5.11 Å². The largest absolute Gasteiger partial charge is 0.508 e. The molecule has 108 valence electrons. The summed E-state index contributed by atoms with van der Waals surface area (Å²) in [4.78, 5) is 9.19. The number of aromatic nitrogens is 2. The molecule has 0 aliphatic rings. The van der Waals surface area contributed by atoms with E-state index in [9.17, 15) is 5.11 Å². The van der Waals surface area contributed by atoms with Crippen LogP contribution in [0.4, 0.5) is 0 Å². The quantitative estimate of drug-likeness (QED) is 0.746. The summed E-state index contributed by atoms with van der Waals surface area (Å²) in [6, 6.07) is 6.83. The van der Waals surface area contributed by atoms with Crippen LogP contribution in [0.15, 0.2) is 29.6 Å². The molecule has 0 saturated carbocycles. The first-order valence-electron chi connectivity index (χ1n) is 6.77. The van der Waals surface area contributed by atoms with Crippen LogP contribution >= 0.6 is 22.9 Å². The van der Waals surface area contributed by atoms with Crippen LogP contribution in [0.2, 0.25) is 5.02 Å². The number of thiazole rings is 1. The van der Waals surface area contributed by atoms with Gasteiger partial charge in [0.25, 0.3) is 0 Å². The summed E-state index contributed by atoms with van der Waals surface area (Å²) in [5.74, 6) is 0.760. The Labute approximate surface area is 132 Å². The summed E-state index contributed by atoms with van der Waals surface area (Å²) < 4.78 is 0. The smallest absolute Gasteiger partial charge is 0.117 e. The minimum atomic E-state index is 0.182. The molecule has 3 nitrogen and oxygen atoms in total. The van der Waals surface area contributed by atoms with Gasteiger partial charge in [-0.15, -0.1) is 11.3 Å². The standard InChI is InChI=1S/C16H15ClN2OS/c1-9(2)5-16-19-15(8-21-16)14-7-12(17)11-4-3-10(20)6-13(11)18-14/h3-4,6-9,20H,5H2,1-2H3. The van der Waals surface area contributed by atoms with E-state index in [1.807, 2.05) is 11.4 Å². The van der Waals surface area contributed by atoms with Crippen molar-refractivity contribution >= 4 is 33.8 Å².